The molecule has 1 aromatic carbocycles. The number of ether oxygens (including phenoxy) is 1. The molecule has 1 aliphatic carbocycles. The molecule has 0 unspecified atom stereocenters. The van der Waals surface area contributed by atoms with Crippen molar-refractivity contribution in [2.45, 2.75) is 19.3 Å². The van der Waals surface area contributed by atoms with Gasteiger partial charge in [-0.1, -0.05) is 12.1 Å². The molecular weight excluding hydrogens is 192 g/mol. The third-order valence-electron chi connectivity index (χ3n) is 2.73. The molecule has 2 rings (SSSR count). The molecule has 0 heterocycles. The maximum absolute atomic E-state index is 10.7. The predicted octanol–water partition coefficient (Wildman–Crippen LogP) is 2.27. The lowest BCUT2D eigenvalue weighted by Crippen LogP contribution is -1.99. The maximum atomic E-state index is 10.7. The number of rotatable bonds is 4. The average Bonchev–Trinajstić information content (AvgIpc) is 2.99. The summed E-state index contributed by atoms with van der Waals surface area (Å²) < 4.78 is 5.32. The first-order valence-electron chi connectivity index (χ1n) is 5.18. The van der Waals surface area contributed by atoms with E-state index in [0.29, 0.717) is 6.61 Å². The van der Waals surface area contributed by atoms with Gasteiger partial charge >= 0.3 is 5.97 Å². The Morgan fingerprint density at radius 2 is 2.13 bits per heavy atom. The van der Waals surface area contributed by atoms with Gasteiger partial charge in [-0.3, -0.25) is 4.79 Å². The summed E-state index contributed by atoms with van der Waals surface area (Å²) in [6, 6.07) is 7.71. The van der Waals surface area contributed by atoms with Gasteiger partial charge in [0.1, 0.15) is 5.75 Å². The molecule has 1 fully saturated rings. The van der Waals surface area contributed by atoms with Crippen molar-refractivity contribution in [3.8, 4) is 5.75 Å². The van der Waals surface area contributed by atoms with Crippen LogP contribution >= 0.6 is 0 Å². The highest BCUT2D eigenvalue weighted by molar-refractivity contribution is 5.75. The summed E-state index contributed by atoms with van der Waals surface area (Å²) in [4.78, 5) is 10.7. The molecule has 0 aliphatic heterocycles. The normalized spacial score (nSPS) is 23.5. The van der Waals surface area contributed by atoms with Crippen LogP contribution in [0.2, 0.25) is 0 Å². The fourth-order valence-electron chi connectivity index (χ4n) is 1.81. The Balaban J connectivity index is 2.03. The summed E-state index contributed by atoms with van der Waals surface area (Å²) in [6.45, 7) is 2.59. The van der Waals surface area contributed by atoms with E-state index < -0.39 is 5.97 Å². The lowest BCUT2D eigenvalue weighted by molar-refractivity contribution is -0.138. The van der Waals surface area contributed by atoms with Crippen LogP contribution in [0.5, 0.6) is 5.75 Å². The Morgan fingerprint density at radius 1 is 1.47 bits per heavy atom. The van der Waals surface area contributed by atoms with Crippen LogP contribution in [0.15, 0.2) is 24.3 Å². The van der Waals surface area contributed by atoms with Gasteiger partial charge in [-0.05, 0) is 37.0 Å². The number of benzene rings is 1. The van der Waals surface area contributed by atoms with Gasteiger partial charge in [0.05, 0.1) is 12.5 Å². The Morgan fingerprint density at radius 3 is 2.60 bits per heavy atom. The molecular formula is C12H14O3. The summed E-state index contributed by atoms with van der Waals surface area (Å²) in [6.07, 6.45) is 0.767. The molecule has 0 amide bonds. The van der Waals surface area contributed by atoms with E-state index in [9.17, 15) is 4.79 Å². The predicted molar refractivity (Wildman–Crippen MR) is 56.1 cm³/mol. The minimum atomic E-state index is -0.686. The van der Waals surface area contributed by atoms with E-state index in [1.807, 2.05) is 31.2 Å². The smallest absolute Gasteiger partial charge is 0.307 e. The lowest BCUT2D eigenvalue weighted by atomic mass is 10.1. The number of carbonyl (C=O) groups is 1. The number of carboxylic acids is 1. The van der Waals surface area contributed by atoms with Crippen LogP contribution < -0.4 is 4.74 Å². The number of aliphatic carboxylic acids is 1. The molecule has 1 aliphatic rings. The van der Waals surface area contributed by atoms with Gasteiger partial charge in [0.2, 0.25) is 0 Å². The van der Waals surface area contributed by atoms with Gasteiger partial charge in [-0.2, -0.15) is 0 Å². The first kappa shape index (κ1) is 10.0. The average molecular weight is 206 g/mol. The van der Waals surface area contributed by atoms with Crippen molar-refractivity contribution < 1.29 is 14.6 Å². The van der Waals surface area contributed by atoms with E-state index in [4.69, 9.17) is 9.84 Å². The monoisotopic (exact) mass is 206 g/mol. The van der Waals surface area contributed by atoms with Crippen molar-refractivity contribution >= 4 is 5.97 Å². The molecule has 0 aromatic heterocycles. The van der Waals surface area contributed by atoms with Crippen molar-refractivity contribution in [2.24, 2.45) is 5.92 Å². The Labute approximate surface area is 88.7 Å². The first-order valence-corrected chi connectivity index (χ1v) is 5.18. The highest BCUT2D eigenvalue weighted by atomic mass is 16.5. The van der Waals surface area contributed by atoms with Gasteiger partial charge in [0.15, 0.2) is 0 Å². The summed E-state index contributed by atoms with van der Waals surface area (Å²) >= 11 is 0. The van der Waals surface area contributed by atoms with Crippen LogP contribution in [0.1, 0.15) is 24.8 Å². The fourth-order valence-corrected chi connectivity index (χ4v) is 1.81. The van der Waals surface area contributed by atoms with Crippen LogP contribution in [0.4, 0.5) is 0 Å². The van der Waals surface area contributed by atoms with Gasteiger partial charge in [0, 0.05) is 0 Å². The van der Waals surface area contributed by atoms with Gasteiger partial charge in [0.25, 0.3) is 0 Å². The van der Waals surface area contributed by atoms with E-state index in [0.717, 1.165) is 17.7 Å². The zero-order chi connectivity index (χ0) is 10.8. The third-order valence-corrected chi connectivity index (χ3v) is 2.73. The molecule has 80 valence electrons. The van der Waals surface area contributed by atoms with Gasteiger partial charge in [-0.25, -0.2) is 0 Å². The SMILES string of the molecule is CCOc1ccc([C@H]2C[C@H]2C(=O)O)cc1. The molecule has 1 N–H and O–H groups in total. The minimum absolute atomic E-state index is 0.178. The van der Waals surface area contributed by atoms with Crippen molar-refractivity contribution in [1.29, 1.82) is 0 Å². The van der Waals surface area contributed by atoms with E-state index in [1.165, 1.54) is 0 Å². The third kappa shape index (κ3) is 2.12. The molecule has 1 saturated carbocycles. The molecule has 0 spiro atoms. The van der Waals surface area contributed by atoms with Crippen LogP contribution in [0.3, 0.4) is 0 Å². The van der Waals surface area contributed by atoms with Crippen LogP contribution in [-0.4, -0.2) is 17.7 Å². The number of carboxylic acid groups (broad SMARTS) is 1. The summed E-state index contributed by atoms with van der Waals surface area (Å²) in [5, 5.41) is 8.80. The topological polar surface area (TPSA) is 46.5 Å². The van der Waals surface area contributed by atoms with Crippen molar-refractivity contribution in [1.82, 2.24) is 0 Å². The summed E-state index contributed by atoms with van der Waals surface area (Å²) in [7, 11) is 0. The first-order chi connectivity index (χ1) is 7.22. The Bertz CT molecular complexity index is 356. The molecule has 0 bridgehead atoms. The fraction of sp³-hybridized carbons (Fsp3) is 0.417. The van der Waals surface area contributed by atoms with Crippen LogP contribution in [-0.2, 0) is 4.79 Å². The summed E-state index contributed by atoms with van der Waals surface area (Å²) in [5.41, 5.74) is 1.10. The molecule has 15 heavy (non-hydrogen) atoms. The van der Waals surface area contributed by atoms with E-state index >= 15 is 0 Å². The van der Waals surface area contributed by atoms with E-state index in [1.54, 1.807) is 0 Å². The second-order valence-electron chi connectivity index (χ2n) is 3.79. The van der Waals surface area contributed by atoms with E-state index in [2.05, 4.69) is 0 Å². The zero-order valence-electron chi connectivity index (χ0n) is 8.64. The molecule has 0 radical (unpaired) electrons. The second-order valence-corrected chi connectivity index (χ2v) is 3.79. The molecule has 3 nitrogen and oxygen atoms in total. The Hall–Kier alpha value is -1.51. The molecule has 1 aromatic rings. The number of hydrogen-bond donors (Lipinski definition) is 1. The largest absolute Gasteiger partial charge is 0.494 e. The van der Waals surface area contributed by atoms with Gasteiger partial charge < -0.3 is 9.84 Å². The standard InChI is InChI=1S/C12H14O3/c1-2-15-9-5-3-8(4-6-9)10-7-11(10)12(13)14/h3-6,10-11H,2,7H2,1H3,(H,13,14)/t10-,11-/m1/s1. The van der Waals surface area contributed by atoms with Crippen LogP contribution in [0, 0.1) is 5.92 Å². The Kier molecular flexibility index (Phi) is 2.62. The van der Waals surface area contributed by atoms with E-state index in [-0.39, 0.29) is 11.8 Å². The zero-order valence-corrected chi connectivity index (χ0v) is 8.64. The van der Waals surface area contributed by atoms with Gasteiger partial charge in [-0.15, -0.1) is 0 Å². The summed E-state index contributed by atoms with van der Waals surface area (Å²) in [5.74, 6) is 0.184. The quantitative estimate of drug-likeness (QED) is 0.822. The maximum Gasteiger partial charge on any atom is 0.307 e. The molecule has 2 atom stereocenters. The van der Waals surface area contributed by atoms with Crippen molar-refractivity contribution in [2.75, 3.05) is 6.61 Å². The minimum Gasteiger partial charge on any atom is -0.494 e. The van der Waals surface area contributed by atoms with Crippen molar-refractivity contribution in [3.05, 3.63) is 29.8 Å². The molecule has 3 heteroatoms. The molecule has 0 saturated heterocycles. The highest BCUT2D eigenvalue weighted by Crippen LogP contribution is 2.47. The highest BCUT2D eigenvalue weighted by Gasteiger charge is 2.43. The van der Waals surface area contributed by atoms with Crippen LogP contribution in [0.25, 0.3) is 0 Å². The van der Waals surface area contributed by atoms with Crippen molar-refractivity contribution in [3.63, 3.8) is 0 Å². The number of hydrogen-bond acceptors (Lipinski definition) is 2. The lowest BCUT2D eigenvalue weighted by Gasteiger charge is -2.03. The second kappa shape index (κ2) is 3.93.